The van der Waals surface area contributed by atoms with Crippen molar-refractivity contribution >= 4 is 31.7 Å². The zero-order valence-electron chi connectivity index (χ0n) is 7.49. The van der Waals surface area contributed by atoms with E-state index < -0.39 is 26.5 Å². The average Bonchev–Trinajstić information content (AvgIpc) is 2.06. The van der Waals surface area contributed by atoms with Crippen molar-refractivity contribution in [3.05, 3.63) is 28.0 Å². The quantitative estimate of drug-likeness (QED) is 0.901. The summed E-state index contributed by atoms with van der Waals surface area (Å²) in [4.78, 5) is 9.98. The van der Waals surface area contributed by atoms with Gasteiger partial charge in [0.1, 0.15) is 4.90 Å². The lowest BCUT2D eigenvalue weighted by Gasteiger charge is -2.04. The maximum atomic E-state index is 13.3. The maximum Gasteiger partial charge on any atom is 0.335 e. The highest BCUT2D eigenvalue weighted by Crippen LogP contribution is 2.24. The van der Waals surface area contributed by atoms with Crippen LogP contribution in [0.3, 0.4) is 0 Å². The van der Waals surface area contributed by atoms with Gasteiger partial charge >= 0.3 is 5.97 Å². The Morgan fingerprint density at radius 1 is 1.47 bits per heavy atom. The number of carbonyl (C=O) groups is 1. The lowest BCUT2D eigenvalue weighted by molar-refractivity contribution is 0.0696. The monoisotopic (exact) mass is 296 g/mol. The van der Waals surface area contributed by atoms with Crippen LogP contribution in [0.15, 0.2) is 21.5 Å². The Morgan fingerprint density at radius 2 is 2.00 bits per heavy atom. The molecule has 0 aliphatic carbocycles. The second kappa shape index (κ2) is 3.90. The lowest BCUT2D eigenvalue weighted by atomic mass is 10.2. The third-order valence-electron chi connectivity index (χ3n) is 1.64. The molecule has 0 saturated carbocycles. The molecule has 0 atom stereocenters. The van der Waals surface area contributed by atoms with Crippen molar-refractivity contribution in [2.75, 3.05) is 6.26 Å². The molecule has 0 fully saturated rings. The van der Waals surface area contributed by atoms with Crippen LogP contribution in [0, 0.1) is 5.82 Å². The van der Waals surface area contributed by atoms with Crippen molar-refractivity contribution < 1.29 is 22.7 Å². The van der Waals surface area contributed by atoms with E-state index >= 15 is 0 Å². The summed E-state index contributed by atoms with van der Waals surface area (Å²) in [6.07, 6.45) is 0.809. The third-order valence-corrected chi connectivity index (χ3v) is 3.31. The van der Waals surface area contributed by atoms with Crippen LogP contribution in [-0.4, -0.2) is 25.7 Å². The number of hydrogen-bond donors (Lipinski definition) is 1. The van der Waals surface area contributed by atoms with E-state index in [-0.39, 0.29) is 10.0 Å². The van der Waals surface area contributed by atoms with E-state index in [1.807, 2.05) is 0 Å². The van der Waals surface area contributed by atoms with Gasteiger partial charge in [0, 0.05) is 6.26 Å². The molecule has 1 rings (SSSR count). The number of hydrogen-bond acceptors (Lipinski definition) is 3. The molecule has 4 nitrogen and oxygen atoms in total. The van der Waals surface area contributed by atoms with Gasteiger partial charge in [-0.1, -0.05) is 0 Å². The molecule has 7 heteroatoms. The number of halogens is 2. The molecule has 0 spiro atoms. The number of aromatic carboxylic acids is 1. The van der Waals surface area contributed by atoms with Gasteiger partial charge in [-0.25, -0.2) is 17.6 Å². The highest BCUT2D eigenvalue weighted by atomic mass is 79.9. The van der Waals surface area contributed by atoms with Gasteiger partial charge in [0.05, 0.1) is 10.0 Å². The summed E-state index contributed by atoms with van der Waals surface area (Å²) in [5, 5.41) is 8.65. The Balaban J connectivity index is 3.59. The van der Waals surface area contributed by atoms with Crippen molar-refractivity contribution in [3.8, 4) is 0 Å². The van der Waals surface area contributed by atoms with Crippen molar-refractivity contribution in [3.63, 3.8) is 0 Å². The zero-order valence-corrected chi connectivity index (χ0v) is 9.89. The van der Waals surface area contributed by atoms with Gasteiger partial charge in [-0.3, -0.25) is 0 Å². The lowest BCUT2D eigenvalue weighted by Crippen LogP contribution is -2.05. The van der Waals surface area contributed by atoms with Crippen LogP contribution in [0.2, 0.25) is 0 Å². The van der Waals surface area contributed by atoms with Crippen LogP contribution >= 0.6 is 15.9 Å². The van der Waals surface area contributed by atoms with E-state index in [1.54, 1.807) is 0 Å². The largest absolute Gasteiger partial charge is 0.478 e. The molecule has 15 heavy (non-hydrogen) atoms. The van der Waals surface area contributed by atoms with E-state index in [1.165, 1.54) is 0 Å². The predicted molar refractivity (Wildman–Crippen MR) is 54.2 cm³/mol. The van der Waals surface area contributed by atoms with Crippen LogP contribution in [0.5, 0.6) is 0 Å². The number of benzene rings is 1. The van der Waals surface area contributed by atoms with E-state index in [4.69, 9.17) is 5.11 Å². The van der Waals surface area contributed by atoms with Crippen LogP contribution in [0.4, 0.5) is 4.39 Å². The van der Waals surface area contributed by atoms with Crippen molar-refractivity contribution in [1.82, 2.24) is 0 Å². The van der Waals surface area contributed by atoms with E-state index in [0.717, 1.165) is 18.4 Å². The summed E-state index contributed by atoms with van der Waals surface area (Å²) in [6, 6.07) is 1.80. The van der Waals surface area contributed by atoms with Gasteiger partial charge in [0.15, 0.2) is 15.7 Å². The minimum absolute atomic E-state index is 0.192. The Labute approximate surface area is 93.8 Å². The molecular formula is C8H6BrFO4S. The summed E-state index contributed by atoms with van der Waals surface area (Å²) in [7, 11) is -3.78. The van der Waals surface area contributed by atoms with Crippen molar-refractivity contribution in [2.45, 2.75) is 4.90 Å². The summed E-state index contributed by atoms with van der Waals surface area (Å²) in [6.45, 7) is 0. The van der Waals surface area contributed by atoms with Gasteiger partial charge in [-0.2, -0.15) is 0 Å². The second-order valence-corrected chi connectivity index (χ2v) is 5.69. The molecule has 0 radical (unpaired) electrons. The van der Waals surface area contributed by atoms with E-state index in [2.05, 4.69) is 15.9 Å². The summed E-state index contributed by atoms with van der Waals surface area (Å²) >= 11 is 2.75. The summed E-state index contributed by atoms with van der Waals surface area (Å²) in [5.74, 6) is -2.30. The van der Waals surface area contributed by atoms with Crippen molar-refractivity contribution in [1.29, 1.82) is 0 Å². The summed E-state index contributed by atoms with van der Waals surface area (Å²) < 4.78 is 35.4. The third kappa shape index (κ3) is 2.54. The number of sulfone groups is 1. The first-order valence-electron chi connectivity index (χ1n) is 3.66. The topological polar surface area (TPSA) is 71.4 Å². The Kier molecular flexibility index (Phi) is 3.15. The second-order valence-electron chi connectivity index (χ2n) is 2.85. The molecular weight excluding hydrogens is 291 g/mol. The maximum absolute atomic E-state index is 13.3. The average molecular weight is 297 g/mol. The van der Waals surface area contributed by atoms with Gasteiger partial charge in [-0.05, 0) is 28.1 Å². The normalized spacial score (nSPS) is 11.4. The molecule has 82 valence electrons. The first-order chi connectivity index (χ1) is 6.73. The number of carboxylic acid groups (broad SMARTS) is 1. The molecule has 0 saturated heterocycles. The van der Waals surface area contributed by atoms with E-state index in [0.29, 0.717) is 0 Å². The molecule has 0 aromatic heterocycles. The molecule has 0 aliphatic rings. The number of rotatable bonds is 2. The van der Waals surface area contributed by atoms with Crippen LogP contribution in [0.1, 0.15) is 10.4 Å². The van der Waals surface area contributed by atoms with Crippen LogP contribution < -0.4 is 0 Å². The molecule has 0 heterocycles. The fourth-order valence-electron chi connectivity index (χ4n) is 0.957. The number of carboxylic acids is 1. The van der Waals surface area contributed by atoms with Crippen molar-refractivity contribution in [2.24, 2.45) is 0 Å². The Morgan fingerprint density at radius 3 is 2.40 bits per heavy atom. The highest BCUT2D eigenvalue weighted by molar-refractivity contribution is 9.10. The smallest absolute Gasteiger partial charge is 0.335 e. The van der Waals surface area contributed by atoms with Gasteiger partial charge in [0.25, 0.3) is 0 Å². The summed E-state index contributed by atoms with van der Waals surface area (Å²) in [5.41, 5.74) is -0.288. The van der Waals surface area contributed by atoms with Crippen LogP contribution in [-0.2, 0) is 9.84 Å². The fourth-order valence-corrected chi connectivity index (χ4v) is 2.33. The van der Waals surface area contributed by atoms with Gasteiger partial charge < -0.3 is 5.11 Å². The molecule has 0 amide bonds. The van der Waals surface area contributed by atoms with E-state index in [9.17, 15) is 17.6 Å². The minimum Gasteiger partial charge on any atom is -0.478 e. The molecule has 1 N–H and O–H groups in total. The Bertz CT molecular complexity index is 524. The predicted octanol–water partition coefficient (Wildman–Crippen LogP) is 1.69. The first-order valence-corrected chi connectivity index (χ1v) is 6.34. The van der Waals surface area contributed by atoms with Crippen LogP contribution in [0.25, 0.3) is 0 Å². The first kappa shape index (κ1) is 12.1. The minimum atomic E-state index is -3.78. The fraction of sp³-hybridized carbons (Fsp3) is 0.125. The molecule has 0 unspecified atom stereocenters. The Hall–Kier alpha value is -0.950. The molecule has 0 aliphatic heterocycles. The SMILES string of the molecule is CS(=O)(=O)c1cc(C(=O)O)cc(Br)c1F. The standard InChI is InChI=1S/C8H6BrFO4S/c1-15(13,14)6-3-4(8(11)12)2-5(9)7(6)10/h2-3H,1H3,(H,11,12). The molecule has 1 aromatic carbocycles. The molecule has 1 aromatic rings. The highest BCUT2D eigenvalue weighted by Gasteiger charge is 2.19. The zero-order chi connectivity index (χ0) is 11.8. The van der Waals surface area contributed by atoms with Gasteiger partial charge in [-0.15, -0.1) is 0 Å². The molecule has 0 bridgehead atoms. The van der Waals surface area contributed by atoms with Gasteiger partial charge in [0.2, 0.25) is 0 Å².